The van der Waals surface area contributed by atoms with E-state index < -0.39 is 0 Å². The minimum Gasteiger partial charge on any atom is -0.363 e. The maximum Gasteiger partial charge on any atom is 0.171 e. The molecule has 0 radical (unpaired) electrons. The van der Waals surface area contributed by atoms with Gasteiger partial charge in [0, 0.05) is 18.9 Å². The first kappa shape index (κ1) is 8.86. The molecule has 0 unspecified atom stereocenters. The molecular formula is C7H10N4S. The fraction of sp³-hybridized carbons (Fsp3) is 0.286. The van der Waals surface area contributed by atoms with Crippen molar-refractivity contribution in [2.45, 2.75) is 6.92 Å². The molecule has 0 saturated carbocycles. The summed E-state index contributed by atoms with van der Waals surface area (Å²) >= 11 is 4.95. The van der Waals surface area contributed by atoms with Crippen molar-refractivity contribution in [2.75, 3.05) is 11.9 Å². The SMILES string of the molecule is CCNC(=S)Nc1cnccn1. The van der Waals surface area contributed by atoms with Crippen molar-refractivity contribution in [3.8, 4) is 0 Å². The molecule has 0 aromatic carbocycles. The molecule has 0 fully saturated rings. The molecule has 5 heteroatoms. The number of nitrogens with zero attached hydrogens (tertiary/aromatic N) is 2. The molecule has 0 aliphatic heterocycles. The Labute approximate surface area is 76.4 Å². The highest BCUT2D eigenvalue weighted by atomic mass is 32.1. The Morgan fingerprint density at radius 2 is 2.42 bits per heavy atom. The van der Waals surface area contributed by atoms with Crippen molar-refractivity contribution in [2.24, 2.45) is 0 Å². The summed E-state index contributed by atoms with van der Waals surface area (Å²) in [5.74, 6) is 0.656. The van der Waals surface area contributed by atoms with Gasteiger partial charge >= 0.3 is 0 Å². The van der Waals surface area contributed by atoms with Crippen molar-refractivity contribution in [1.82, 2.24) is 15.3 Å². The van der Waals surface area contributed by atoms with Gasteiger partial charge in [-0.05, 0) is 19.1 Å². The maximum absolute atomic E-state index is 4.95. The molecule has 0 spiro atoms. The van der Waals surface area contributed by atoms with Crippen LogP contribution in [0, 0.1) is 0 Å². The van der Waals surface area contributed by atoms with Crippen molar-refractivity contribution in [3.05, 3.63) is 18.6 Å². The van der Waals surface area contributed by atoms with Crippen LogP contribution < -0.4 is 10.6 Å². The monoisotopic (exact) mass is 182 g/mol. The average Bonchev–Trinajstić information content (AvgIpc) is 2.06. The van der Waals surface area contributed by atoms with Gasteiger partial charge in [-0.15, -0.1) is 0 Å². The number of rotatable bonds is 2. The summed E-state index contributed by atoms with van der Waals surface area (Å²) in [6.07, 6.45) is 4.84. The first-order chi connectivity index (χ1) is 5.83. The highest BCUT2D eigenvalue weighted by Gasteiger charge is 1.94. The van der Waals surface area contributed by atoms with Gasteiger partial charge < -0.3 is 10.6 Å². The number of thiocarbonyl (C=S) groups is 1. The molecule has 0 saturated heterocycles. The zero-order valence-electron chi connectivity index (χ0n) is 6.74. The third kappa shape index (κ3) is 2.79. The quantitative estimate of drug-likeness (QED) is 0.662. The molecule has 0 aliphatic carbocycles. The Hall–Kier alpha value is -1.23. The van der Waals surface area contributed by atoms with Crippen LogP contribution in [0.2, 0.25) is 0 Å². The maximum atomic E-state index is 4.95. The van der Waals surface area contributed by atoms with Gasteiger partial charge in [0.15, 0.2) is 10.9 Å². The second kappa shape index (κ2) is 4.61. The van der Waals surface area contributed by atoms with Gasteiger partial charge in [0.1, 0.15) is 0 Å². The standard InChI is InChI=1S/C7H10N4S/c1-2-9-7(12)11-6-5-8-3-4-10-6/h3-5H,2H2,1H3,(H2,9,10,11,12). The van der Waals surface area contributed by atoms with Crippen molar-refractivity contribution < 1.29 is 0 Å². The zero-order chi connectivity index (χ0) is 8.81. The smallest absolute Gasteiger partial charge is 0.171 e. The number of nitrogens with one attached hydrogen (secondary N) is 2. The molecule has 0 bridgehead atoms. The fourth-order valence-electron chi connectivity index (χ4n) is 0.685. The lowest BCUT2D eigenvalue weighted by Crippen LogP contribution is -2.28. The van der Waals surface area contributed by atoms with E-state index in [2.05, 4.69) is 20.6 Å². The molecule has 64 valence electrons. The van der Waals surface area contributed by atoms with Crippen LogP contribution in [0.25, 0.3) is 0 Å². The number of anilines is 1. The minimum atomic E-state index is 0.568. The van der Waals surface area contributed by atoms with Crippen molar-refractivity contribution in [1.29, 1.82) is 0 Å². The van der Waals surface area contributed by atoms with E-state index in [0.717, 1.165) is 6.54 Å². The van der Waals surface area contributed by atoms with Gasteiger partial charge in [-0.3, -0.25) is 4.98 Å². The first-order valence-corrected chi connectivity index (χ1v) is 4.04. The molecule has 1 aromatic heterocycles. The molecule has 0 atom stereocenters. The van der Waals surface area contributed by atoms with E-state index in [1.165, 1.54) is 0 Å². The summed E-state index contributed by atoms with van der Waals surface area (Å²) < 4.78 is 0. The third-order valence-electron chi connectivity index (χ3n) is 1.14. The second-order valence-electron chi connectivity index (χ2n) is 2.08. The minimum absolute atomic E-state index is 0.568. The summed E-state index contributed by atoms with van der Waals surface area (Å²) in [5.41, 5.74) is 0. The Bertz CT molecular complexity index is 249. The van der Waals surface area contributed by atoms with E-state index in [-0.39, 0.29) is 0 Å². The lowest BCUT2D eigenvalue weighted by atomic mass is 10.6. The van der Waals surface area contributed by atoms with Gasteiger partial charge in [0.05, 0.1) is 6.20 Å². The lowest BCUT2D eigenvalue weighted by Gasteiger charge is -2.06. The van der Waals surface area contributed by atoms with Crippen LogP contribution in [0.1, 0.15) is 6.92 Å². The van der Waals surface area contributed by atoms with Crippen LogP contribution >= 0.6 is 12.2 Å². The lowest BCUT2D eigenvalue weighted by molar-refractivity contribution is 0.977. The molecule has 1 aromatic rings. The summed E-state index contributed by atoms with van der Waals surface area (Å²) in [4.78, 5) is 7.89. The zero-order valence-corrected chi connectivity index (χ0v) is 7.56. The van der Waals surface area contributed by atoms with Crippen LogP contribution in [0.3, 0.4) is 0 Å². The molecular weight excluding hydrogens is 172 g/mol. The van der Waals surface area contributed by atoms with Gasteiger partial charge in [-0.25, -0.2) is 4.98 Å². The predicted octanol–water partition coefficient (Wildman–Crippen LogP) is 0.783. The molecule has 0 aliphatic rings. The van der Waals surface area contributed by atoms with Crippen LogP contribution in [0.15, 0.2) is 18.6 Å². The molecule has 12 heavy (non-hydrogen) atoms. The van der Waals surface area contributed by atoms with Crippen LogP contribution in [-0.4, -0.2) is 21.6 Å². The number of aromatic nitrogens is 2. The van der Waals surface area contributed by atoms with Gasteiger partial charge in [-0.1, -0.05) is 0 Å². The third-order valence-corrected chi connectivity index (χ3v) is 1.39. The second-order valence-corrected chi connectivity index (χ2v) is 2.48. The average molecular weight is 182 g/mol. The molecule has 1 rings (SSSR count). The Morgan fingerprint density at radius 1 is 1.58 bits per heavy atom. The Kier molecular flexibility index (Phi) is 3.40. The molecule has 0 amide bonds. The largest absolute Gasteiger partial charge is 0.363 e. The van der Waals surface area contributed by atoms with E-state index >= 15 is 0 Å². The van der Waals surface area contributed by atoms with Crippen LogP contribution in [0.4, 0.5) is 5.82 Å². The first-order valence-electron chi connectivity index (χ1n) is 3.63. The molecule has 1 heterocycles. The van der Waals surface area contributed by atoms with Crippen molar-refractivity contribution in [3.63, 3.8) is 0 Å². The van der Waals surface area contributed by atoms with Gasteiger partial charge in [0.2, 0.25) is 0 Å². The van der Waals surface area contributed by atoms with E-state index in [1.807, 2.05) is 6.92 Å². The highest BCUT2D eigenvalue weighted by molar-refractivity contribution is 7.80. The summed E-state index contributed by atoms with van der Waals surface area (Å²) in [6, 6.07) is 0. The van der Waals surface area contributed by atoms with E-state index in [0.29, 0.717) is 10.9 Å². The topological polar surface area (TPSA) is 49.8 Å². The number of hydrogen-bond acceptors (Lipinski definition) is 3. The van der Waals surface area contributed by atoms with Crippen molar-refractivity contribution >= 4 is 23.1 Å². The number of hydrogen-bond donors (Lipinski definition) is 2. The van der Waals surface area contributed by atoms with Gasteiger partial charge in [-0.2, -0.15) is 0 Å². The molecule has 2 N–H and O–H groups in total. The van der Waals surface area contributed by atoms with Crippen LogP contribution in [0.5, 0.6) is 0 Å². The Morgan fingerprint density at radius 3 is 3.00 bits per heavy atom. The van der Waals surface area contributed by atoms with E-state index in [9.17, 15) is 0 Å². The summed E-state index contributed by atoms with van der Waals surface area (Å²) in [7, 11) is 0. The summed E-state index contributed by atoms with van der Waals surface area (Å²) in [6.45, 7) is 2.77. The van der Waals surface area contributed by atoms with E-state index in [1.54, 1.807) is 18.6 Å². The summed E-state index contributed by atoms with van der Waals surface area (Å²) in [5, 5.41) is 6.40. The van der Waals surface area contributed by atoms with Gasteiger partial charge in [0.25, 0.3) is 0 Å². The highest BCUT2D eigenvalue weighted by Crippen LogP contribution is 1.95. The van der Waals surface area contributed by atoms with E-state index in [4.69, 9.17) is 12.2 Å². The normalized spacial score (nSPS) is 9.08. The van der Waals surface area contributed by atoms with Crippen LogP contribution in [-0.2, 0) is 0 Å². The predicted molar refractivity (Wildman–Crippen MR) is 51.9 cm³/mol. The Balaban J connectivity index is 2.47. The molecule has 4 nitrogen and oxygen atoms in total. The fourth-order valence-corrected chi connectivity index (χ4v) is 0.934.